The number of pyridine rings is 2. The minimum absolute atomic E-state index is 0.359. The molecule has 0 unspecified atom stereocenters. The first-order valence-electron chi connectivity index (χ1n) is 7.02. The number of aliphatic hydroxyl groups is 1. The Labute approximate surface area is 118 Å². The van der Waals surface area contributed by atoms with E-state index in [1.165, 1.54) is 0 Å². The number of hydrogen-bond donors (Lipinski definition) is 1. The van der Waals surface area contributed by atoms with E-state index in [0.29, 0.717) is 6.61 Å². The van der Waals surface area contributed by atoms with Gasteiger partial charge < -0.3 is 9.84 Å². The zero-order chi connectivity index (χ0) is 13.9. The van der Waals surface area contributed by atoms with Gasteiger partial charge >= 0.3 is 0 Å². The number of hydrogen-bond acceptors (Lipinski definition) is 4. The summed E-state index contributed by atoms with van der Waals surface area (Å²) in [5.41, 5.74) is 3.28. The molecule has 4 nitrogen and oxygen atoms in total. The van der Waals surface area contributed by atoms with Gasteiger partial charge in [0.15, 0.2) is 0 Å². The summed E-state index contributed by atoms with van der Waals surface area (Å²) in [6, 6.07) is 7.55. The molecule has 2 aromatic rings. The van der Waals surface area contributed by atoms with Gasteiger partial charge in [-0.3, -0.25) is 9.97 Å². The van der Waals surface area contributed by atoms with Gasteiger partial charge in [0.25, 0.3) is 0 Å². The Balaban J connectivity index is 2.02. The molecule has 0 radical (unpaired) electrons. The Hall–Kier alpha value is -1.78. The minimum atomic E-state index is -0.688. The van der Waals surface area contributed by atoms with E-state index in [1.807, 2.05) is 24.3 Å². The summed E-state index contributed by atoms with van der Waals surface area (Å²) in [6.07, 6.45) is 4.48. The number of ether oxygens (including phenoxy) is 1. The molecule has 1 aliphatic rings. The lowest BCUT2D eigenvalue weighted by Gasteiger charge is -2.30. The van der Waals surface area contributed by atoms with Gasteiger partial charge in [0.05, 0.1) is 11.4 Å². The van der Waals surface area contributed by atoms with Crippen molar-refractivity contribution in [3.63, 3.8) is 0 Å². The van der Waals surface area contributed by atoms with Crippen molar-refractivity contribution in [3.8, 4) is 11.4 Å². The molecule has 4 heteroatoms. The summed E-state index contributed by atoms with van der Waals surface area (Å²) in [5.74, 6) is 0. The SMILES string of the molecule is CCCCO[C@@H]1c2cccnc2-c2ncccc2[C@H]1O. The van der Waals surface area contributed by atoms with Crippen molar-refractivity contribution >= 4 is 0 Å². The topological polar surface area (TPSA) is 55.2 Å². The van der Waals surface area contributed by atoms with E-state index in [0.717, 1.165) is 35.4 Å². The predicted octanol–water partition coefficient (Wildman–Crippen LogP) is 3.05. The highest BCUT2D eigenvalue weighted by atomic mass is 16.5. The van der Waals surface area contributed by atoms with E-state index in [-0.39, 0.29) is 6.10 Å². The molecule has 3 rings (SSSR count). The third kappa shape index (κ3) is 2.21. The molecular weight excluding hydrogens is 252 g/mol. The van der Waals surface area contributed by atoms with Crippen LogP contribution in [0.15, 0.2) is 36.7 Å². The van der Waals surface area contributed by atoms with E-state index < -0.39 is 6.10 Å². The van der Waals surface area contributed by atoms with Crippen LogP contribution in [0.4, 0.5) is 0 Å². The summed E-state index contributed by atoms with van der Waals surface area (Å²) in [6.45, 7) is 2.76. The van der Waals surface area contributed by atoms with Crippen LogP contribution in [-0.4, -0.2) is 21.7 Å². The van der Waals surface area contributed by atoms with Crippen LogP contribution in [0, 0.1) is 0 Å². The number of rotatable bonds is 4. The molecule has 104 valence electrons. The van der Waals surface area contributed by atoms with Gasteiger partial charge in [-0.05, 0) is 18.6 Å². The molecule has 2 aromatic heterocycles. The fraction of sp³-hybridized carbons (Fsp3) is 0.375. The van der Waals surface area contributed by atoms with Crippen molar-refractivity contribution in [2.45, 2.75) is 32.0 Å². The van der Waals surface area contributed by atoms with E-state index >= 15 is 0 Å². The van der Waals surface area contributed by atoms with Gasteiger partial charge in [-0.1, -0.05) is 25.5 Å². The Morgan fingerprint density at radius 3 is 2.45 bits per heavy atom. The maximum Gasteiger partial charge on any atom is 0.115 e. The Kier molecular flexibility index (Phi) is 3.76. The third-order valence-electron chi connectivity index (χ3n) is 3.61. The van der Waals surface area contributed by atoms with Crippen molar-refractivity contribution in [1.29, 1.82) is 0 Å². The standard InChI is InChI=1S/C16H18N2O2/c1-2-3-10-20-16-12-7-5-9-18-14(12)13-11(15(16)19)6-4-8-17-13/h4-9,15-16,19H,2-3,10H2,1H3/t15-,16-/m1/s1. The lowest BCUT2D eigenvalue weighted by Crippen LogP contribution is -2.22. The normalized spacial score (nSPS) is 20.3. The summed E-state index contributed by atoms with van der Waals surface area (Å²) < 4.78 is 5.90. The van der Waals surface area contributed by atoms with Crippen molar-refractivity contribution in [3.05, 3.63) is 47.8 Å². The first-order chi connectivity index (χ1) is 9.83. The molecule has 0 aromatic carbocycles. The average molecular weight is 270 g/mol. The highest BCUT2D eigenvalue weighted by Gasteiger charge is 2.34. The van der Waals surface area contributed by atoms with Crippen molar-refractivity contribution < 1.29 is 9.84 Å². The van der Waals surface area contributed by atoms with Crippen molar-refractivity contribution in [2.24, 2.45) is 0 Å². The summed E-state index contributed by atoms with van der Waals surface area (Å²) in [5, 5.41) is 10.6. The van der Waals surface area contributed by atoms with Crippen LogP contribution in [0.5, 0.6) is 0 Å². The van der Waals surface area contributed by atoms with Crippen molar-refractivity contribution in [2.75, 3.05) is 6.61 Å². The zero-order valence-electron chi connectivity index (χ0n) is 11.5. The molecule has 0 amide bonds. The van der Waals surface area contributed by atoms with E-state index in [1.54, 1.807) is 12.4 Å². The molecule has 0 saturated heterocycles. The first-order valence-corrected chi connectivity index (χ1v) is 7.02. The Bertz CT molecular complexity index is 601. The van der Waals surface area contributed by atoms with Gasteiger partial charge in [-0.2, -0.15) is 0 Å². The lowest BCUT2D eigenvalue weighted by atomic mass is 9.88. The van der Waals surface area contributed by atoms with Crippen LogP contribution < -0.4 is 0 Å². The molecule has 2 atom stereocenters. The Morgan fingerprint density at radius 2 is 1.75 bits per heavy atom. The number of aliphatic hydroxyl groups excluding tert-OH is 1. The average Bonchev–Trinajstić information content (AvgIpc) is 2.51. The van der Waals surface area contributed by atoms with E-state index in [4.69, 9.17) is 4.74 Å². The smallest absolute Gasteiger partial charge is 0.115 e. The maximum atomic E-state index is 10.6. The monoisotopic (exact) mass is 270 g/mol. The molecule has 0 fully saturated rings. The van der Waals surface area contributed by atoms with Crippen molar-refractivity contribution in [1.82, 2.24) is 9.97 Å². The fourth-order valence-corrected chi connectivity index (χ4v) is 2.57. The number of aromatic nitrogens is 2. The van der Waals surface area contributed by atoms with Crippen LogP contribution in [0.25, 0.3) is 11.4 Å². The van der Waals surface area contributed by atoms with E-state index in [9.17, 15) is 5.11 Å². The van der Waals surface area contributed by atoms with Gasteiger partial charge in [0, 0.05) is 30.1 Å². The molecule has 0 aliphatic heterocycles. The van der Waals surface area contributed by atoms with Crippen LogP contribution >= 0.6 is 0 Å². The zero-order valence-corrected chi connectivity index (χ0v) is 11.5. The maximum absolute atomic E-state index is 10.6. The highest BCUT2D eigenvalue weighted by Crippen LogP contribution is 2.43. The largest absolute Gasteiger partial charge is 0.385 e. The second kappa shape index (κ2) is 5.69. The second-order valence-electron chi connectivity index (χ2n) is 4.97. The molecule has 0 saturated carbocycles. The van der Waals surface area contributed by atoms with Crippen LogP contribution in [0.2, 0.25) is 0 Å². The molecule has 0 spiro atoms. The number of nitrogens with zero attached hydrogens (tertiary/aromatic N) is 2. The van der Waals surface area contributed by atoms with Crippen LogP contribution in [-0.2, 0) is 4.74 Å². The molecule has 1 N–H and O–H groups in total. The quantitative estimate of drug-likeness (QED) is 0.868. The van der Waals surface area contributed by atoms with Gasteiger partial charge in [-0.15, -0.1) is 0 Å². The predicted molar refractivity (Wildman–Crippen MR) is 76.0 cm³/mol. The number of fused-ring (bicyclic) bond motifs is 3. The lowest BCUT2D eigenvalue weighted by molar-refractivity contribution is -0.0435. The fourth-order valence-electron chi connectivity index (χ4n) is 2.57. The molecule has 20 heavy (non-hydrogen) atoms. The summed E-state index contributed by atoms with van der Waals surface area (Å²) >= 11 is 0. The molecule has 0 bridgehead atoms. The summed E-state index contributed by atoms with van der Waals surface area (Å²) in [7, 11) is 0. The minimum Gasteiger partial charge on any atom is -0.385 e. The molecule has 1 aliphatic carbocycles. The number of unbranched alkanes of at least 4 members (excludes halogenated alkanes) is 1. The summed E-state index contributed by atoms with van der Waals surface area (Å²) in [4.78, 5) is 8.78. The second-order valence-corrected chi connectivity index (χ2v) is 4.97. The third-order valence-corrected chi connectivity index (χ3v) is 3.61. The van der Waals surface area contributed by atoms with Gasteiger partial charge in [0.2, 0.25) is 0 Å². The first kappa shape index (κ1) is 13.2. The van der Waals surface area contributed by atoms with Crippen LogP contribution in [0.3, 0.4) is 0 Å². The van der Waals surface area contributed by atoms with Gasteiger partial charge in [0.1, 0.15) is 12.2 Å². The van der Waals surface area contributed by atoms with E-state index in [2.05, 4.69) is 16.9 Å². The Morgan fingerprint density at radius 1 is 1.10 bits per heavy atom. The van der Waals surface area contributed by atoms with Gasteiger partial charge in [-0.25, -0.2) is 0 Å². The highest BCUT2D eigenvalue weighted by molar-refractivity contribution is 5.67. The molecular formula is C16H18N2O2. The molecule has 2 heterocycles. The van der Waals surface area contributed by atoms with Crippen LogP contribution in [0.1, 0.15) is 43.1 Å².